The summed E-state index contributed by atoms with van der Waals surface area (Å²) < 4.78 is 0. The average Bonchev–Trinajstić information content (AvgIpc) is 3.62. The van der Waals surface area contributed by atoms with E-state index in [9.17, 15) is 9.59 Å². The van der Waals surface area contributed by atoms with Crippen LogP contribution in [-0.2, 0) is 11.3 Å². The summed E-state index contributed by atoms with van der Waals surface area (Å²) in [6, 6.07) is 22.1. The van der Waals surface area contributed by atoms with E-state index >= 15 is 0 Å². The molecule has 0 radical (unpaired) electrons. The molecule has 180 valence electrons. The van der Waals surface area contributed by atoms with Crippen molar-refractivity contribution in [1.82, 2.24) is 15.3 Å². The number of aromatic amines is 1. The molecule has 1 saturated carbocycles. The number of carbonyl (C=O) groups excluding carboxylic acids is 2. The molecule has 36 heavy (non-hydrogen) atoms. The summed E-state index contributed by atoms with van der Waals surface area (Å²) in [7, 11) is 4.08. The fourth-order valence-electron chi connectivity index (χ4n) is 5.16. The van der Waals surface area contributed by atoms with Gasteiger partial charge in [-0.3, -0.25) is 9.59 Å². The third kappa shape index (κ3) is 4.07. The molecular formula is C29H27N5O2. The summed E-state index contributed by atoms with van der Waals surface area (Å²) in [5.41, 5.74) is 9.59. The van der Waals surface area contributed by atoms with Crippen molar-refractivity contribution < 1.29 is 9.59 Å². The number of hydrazone groups is 1. The number of amides is 2. The highest BCUT2D eigenvalue weighted by Gasteiger charge is 2.43. The van der Waals surface area contributed by atoms with Crippen LogP contribution in [0.2, 0.25) is 0 Å². The normalized spacial score (nSPS) is 18.2. The van der Waals surface area contributed by atoms with Gasteiger partial charge in [-0.15, -0.1) is 0 Å². The van der Waals surface area contributed by atoms with Crippen LogP contribution < -0.4 is 10.7 Å². The van der Waals surface area contributed by atoms with Crippen LogP contribution in [0.1, 0.15) is 39.4 Å². The van der Waals surface area contributed by atoms with Gasteiger partial charge in [0.2, 0.25) is 5.91 Å². The topological polar surface area (TPSA) is 89.6 Å². The number of hydrogen-bond acceptors (Lipinski definition) is 4. The molecule has 1 aromatic heterocycles. The Morgan fingerprint density at radius 2 is 1.92 bits per heavy atom. The van der Waals surface area contributed by atoms with E-state index in [0.29, 0.717) is 11.3 Å². The van der Waals surface area contributed by atoms with Crippen LogP contribution in [0.4, 0.5) is 5.69 Å². The highest BCUT2D eigenvalue weighted by molar-refractivity contribution is 6.18. The summed E-state index contributed by atoms with van der Waals surface area (Å²) in [4.78, 5) is 31.5. The number of benzene rings is 3. The molecule has 2 aliphatic rings. The van der Waals surface area contributed by atoms with Crippen molar-refractivity contribution in [2.24, 2.45) is 11.0 Å². The summed E-state index contributed by atoms with van der Waals surface area (Å²) in [5, 5.41) is 8.00. The zero-order chi connectivity index (χ0) is 24.8. The molecule has 4 aromatic rings. The van der Waals surface area contributed by atoms with Gasteiger partial charge in [-0.1, -0.05) is 48.5 Å². The van der Waals surface area contributed by atoms with Crippen molar-refractivity contribution in [2.45, 2.75) is 18.9 Å². The lowest BCUT2D eigenvalue weighted by Crippen LogP contribution is -2.18. The maximum atomic E-state index is 13.0. The van der Waals surface area contributed by atoms with Gasteiger partial charge in [-0.05, 0) is 61.3 Å². The summed E-state index contributed by atoms with van der Waals surface area (Å²) in [6.45, 7) is 0.824. The minimum atomic E-state index is -0.299. The van der Waals surface area contributed by atoms with Gasteiger partial charge in [-0.25, -0.2) is 5.43 Å². The number of nitrogens with zero attached hydrogens (tertiary/aromatic N) is 2. The molecule has 7 nitrogen and oxygen atoms in total. The molecule has 6 rings (SSSR count). The molecule has 0 bridgehead atoms. The number of nitrogens with one attached hydrogen (secondary N) is 3. The van der Waals surface area contributed by atoms with Crippen LogP contribution in [-0.4, -0.2) is 42.0 Å². The Morgan fingerprint density at radius 3 is 2.72 bits per heavy atom. The number of aromatic nitrogens is 1. The monoisotopic (exact) mass is 477 g/mol. The number of hydrogen-bond donors (Lipinski definition) is 3. The van der Waals surface area contributed by atoms with E-state index in [4.69, 9.17) is 0 Å². The Morgan fingerprint density at radius 1 is 1.08 bits per heavy atom. The third-order valence-electron chi connectivity index (χ3n) is 6.88. The van der Waals surface area contributed by atoms with Crippen LogP contribution in [0.15, 0.2) is 71.8 Å². The minimum Gasteiger partial charge on any atom is -0.354 e. The van der Waals surface area contributed by atoms with E-state index in [-0.39, 0.29) is 23.7 Å². The van der Waals surface area contributed by atoms with Gasteiger partial charge in [0.25, 0.3) is 5.91 Å². The van der Waals surface area contributed by atoms with Crippen molar-refractivity contribution in [3.63, 3.8) is 0 Å². The van der Waals surface area contributed by atoms with Crippen molar-refractivity contribution in [3.8, 4) is 11.3 Å². The Hall–Kier alpha value is -4.23. The Labute approximate surface area is 209 Å². The molecule has 3 N–H and O–H groups in total. The highest BCUT2D eigenvalue weighted by atomic mass is 16.2. The van der Waals surface area contributed by atoms with Crippen molar-refractivity contribution in [1.29, 1.82) is 0 Å². The fraction of sp³-hybridized carbons (Fsp3) is 0.207. The second-order valence-corrected chi connectivity index (χ2v) is 9.85. The molecule has 2 unspecified atom stereocenters. The Bertz CT molecular complexity index is 1520. The SMILES string of the molecule is CN(C)Cc1cccc(-c2[nH]c3cc(NC(=O)C4CC4c4ccccc4)cc4c3c2C=NNC4=O)c1. The zero-order valence-electron chi connectivity index (χ0n) is 20.2. The smallest absolute Gasteiger partial charge is 0.272 e. The van der Waals surface area contributed by atoms with Gasteiger partial charge < -0.3 is 15.2 Å². The van der Waals surface area contributed by atoms with Crippen molar-refractivity contribution in [3.05, 3.63) is 89.0 Å². The molecule has 2 amide bonds. The van der Waals surface area contributed by atoms with Gasteiger partial charge in [0.05, 0.1) is 17.5 Å². The fourth-order valence-corrected chi connectivity index (χ4v) is 5.16. The van der Waals surface area contributed by atoms with E-state index in [2.05, 4.69) is 50.0 Å². The molecule has 0 saturated heterocycles. The summed E-state index contributed by atoms with van der Waals surface area (Å²) >= 11 is 0. The Kier molecular flexibility index (Phi) is 5.42. The molecule has 2 atom stereocenters. The quantitative estimate of drug-likeness (QED) is 0.376. The molecule has 1 fully saturated rings. The van der Waals surface area contributed by atoms with Crippen molar-refractivity contribution >= 4 is 34.6 Å². The first-order chi connectivity index (χ1) is 17.5. The lowest BCUT2D eigenvalue weighted by atomic mass is 10.0. The van der Waals surface area contributed by atoms with Crippen molar-refractivity contribution in [2.75, 3.05) is 19.4 Å². The van der Waals surface area contributed by atoms with Gasteiger partial charge in [0.15, 0.2) is 0 Å². The predicted octanol–water partition coefficient (Wildman–Crippen LogP) is 4.72. The first-order valence-corrected chi connectivity index (χ1v) is 12.1. The van der Waals surface area contributed by atoms with Gasteiger partial charge in [0.1, 0.15) is 0 Å². The van der Waals surface area contributed by atoms with E-state index in [1.807, 2.05) is 50.5 Å². The first kappa shape index (κ1) is 22.2. The van der Waals surface area contributed by atoms with Gasteiger partial charge in [-0.2, -0.15) is 5.10 Å². The second-order valence-electron chi connectivity index (χ2n) is 9.85. The summed E-state index contributed by atoms with van der Waals surface area (Å²) in [6.07, 6.45) is 2.52. The number of anilines is 1. The Balaban J connectivity index is 1.35. The van der Waals surface area contributed by atoms with Gasteiger partial charge in [0, 0.05) is 34.6 Å². The first-order valence-electron chi connectivity index (χ1n) is 12.1. The lowest BCUT2D eigenvalue weighted by molar-refractivity contribution is -0.117. The average molecular weight is 478 g/mol. The lowest BCUT2D eigenvalue weighted by Gasteiger charge is -2.10. The number of H-pyrrole nitrogens is 1. The third-order valence-corrected chi connectivity index (χ3v) is 6.88. The molecule has 1 aliphatic heterocycles. The molecule has 7 heteroatoms. The predicted molar refractivity (Wildman–Crippen MR) is 142 cm³/mol. The molecule has 0 spiro atoms. The van der Waals surface area contributed by atoms with Crippen LogP contribution in [0, 0.1) is 5.92 Å². The van der Waals surface area contributed by atoms with Crippen LogP contribution in [0.5, 0.6) is 0 Å². The largest absolute Gasteiger partial charge is 0.354 e. The van der Waals surface area contributed by atoms with E-state index in [0.717, 1.165) is 40.7 Å². The minimum absolute atomic E-state index is 0.0240. The molecular weight excluding hydrogens is 450 g/mol. The molecule has 3 aromatic carbocycles. The van der Waals surface area contributed by atoms with Crippen LogP contribution in [0.3, 0.4) is 0 Å². The van der Waals surface area contributed by atoms with E-state index in [1.165, 1.54) is 11.1 Å². The standard InChI is InChI=1S/C29H27N5O2/c1-34(2)16-17-7-6-10-19(11-17)27-24-15-30-33-29(36)23-12-20(13-25(32-27)26(23)24)31-28(35)22-14-21(22)18-8-4-3-5-9-18/h3-13,15,21-22,32H,14,16H2,1-2H3,(H,31,35)(H,33,36). The van der Waals surface area contributed by atoms with E-state index < -0.39 is 0 Å². The van der Waals surface area contributed by atoms with E-state index in [1.54, 1.807) is 12.3 Å². The molecule has 1 aliphatic carbocycles. The highest BCUT2D eigenvalue weighted by Crippen LogP contribution is 2.48. The maximum absolute atomic E-state index is 13.0. The summed E-state index contributed by atoms with van der Waals surface area (Å²) in [5.74, 6) is -0.143. The van der Waals surface area contributed by atoms with Crippen LogP contribution >= 0.6 is 0 Å². The van der Waals surface area contributed by atoms with Gasteiger partial charge >= 0.3 is 0 Å². The number of carbonyl (C=O) groups is 2. The molecule has 2 heterocycles. The zero-order valence-corrected chi connectivity index (χ0v) is 20.2. The maximum Gasteiger partial charge on any atom is 0.272 e. The van der Waals surface area contributed by atoms with Crippen LogP contribution in [0.25, 0.3) is 22.2 Å². The number of rotatable bonds is 6. The second kappa shape index (κ2) is 8.77.